The number of carbonyl (C=O) groups is 1. The largest absolute Gasteiger partial charge is 0.508 e. The molecule has 1 amide bonds. The predicted octanol–water partition coefficient (Wildman–Crippen LogP) is 7.97. The molecule has 0 aromatic heterocycles. The Balaban J connectivity index is 1.32. The molecule has 1 aliphatic heterocycles. The second kappa shape index (κ2) is 13.2. The third kappa shape index (κ3) is 6.79. The molecule has 1 fully saturated rings. The third-order valence-electron chi connectivity index (χ3n) is 8.20. The first kappa shape index (κ1) is 31.7. The van der Waals surface area contributed by atoms with Crippen LogP contribution in [0.1, 0.15) is 36.1 Å². The van der Waals surface area contributed by atoms with Crippen molar-refractivity contribution in [3.05, 3.63) is 138 Å². The Hall–Kier alpha value is -4.24. The predicted molar refractivity (Wildman–Crippen MR) is 180 cm³/mol. The molecule has 234 valence electrons. The van der Waals surface area contributed by atoms with Crippen molar-refractivity contribution in [3.63, 3.8) is 0 Å². The van der Waals surface area contributed by atoms with Crippen LogP contribution < -0.4 is 10.2 Å². The van der Waals surface area contributed by atoms with Crippen LogP contribution >= 0.6 is 19.4 Å². The Morgan fingerprint density at radius 1 is 0.783 bits per heavy atom. The Labute approximate surface area is 270 Å². The van der Waals surface area contributed by atoms with Crippen molar-refractivity contribution in [2.45, 2.75) is 30.2 Å². The fraction of sp³-hybridized carbons (Fsp3) is 0.139. The molecule has 0 spiro atoms. The average Bonchev–Trinajstić information content (AvgIpc) is 3.39. The number of hydrogen-bond donors (Lipinski definition) is 4. The summed E-state index contributed by atoms with van der Waals surface area (Å²) in [5.74, 6) is -0.426. The summed E-state index contributed by atoms with van der Waals surface area (Å²) in [5.41, 5.74) is 5.11. The number of halogens is 1. The molecule has 1 heterocycles. The summed E-state index contributed by atoms with van der Waals surface area (Å²) < 4.78 is 25.0. The van der Waals surface area contributed by atoms with Gasteiger partial charge in [0.05, 0.1) is 17.5 Å². The van der Waals surface area contributed by atoms with Crippen LogP contribution in [0.5, 0.6) is 5.75 Å². The number of carbonyl (C=O) groups excluding carboxylic acids is 1. The number of phenols is 1. The van der Waals surface area contributed by atoms with Crippen molar-refractivity contribution in [2.24, 2.45) is 0 Å². The van der Waals surface area contributed by atoms with E-state index in [-0.39, 0.29) is 21.5 Å². The third-order valence-corrected chi connectivity index (χ3v) is 10.4. The van der Waals surface area contributed by atoms with E-state index in [0.29, 0.717) is 40.8 Å². The van der Waals surface area contributed by atoms with Gasteiger partial charge in [-0.1, -0.05) is 90.6 Å². The molecule has 1 aliphatic rings. The molecule has 0 aliphatic carbocycles. The minimum atomic E-state index is -4.39. The minimum absolute atomic E-state index is 0.0353. The van der Waals surface area contributed by atoms with Gasteiger partial charge in [-0.15, -0.1) is 0 Å². The summed E-state index contributed by atoms with van der Waals surface area (Å²) in [6, 6.07) is 33.7. The quantitative estimate of drug-likeness (QED) is 0.119. The summed E-state index contributed by atoms with van der Waals surface area (Å²) >= 11 is 1.16. The number of phenolic OH excluding ortho intramolecular Hbond substituents is 1. The van der Waals surface area contributed by atoms with Crippen LogP contribution in [0.15, 0.2) is 121 Å². The molecule has 1 saturated heterocycles. The van der Waals surface area contributed by atoms with Crippen molar-refractivity contribution in [2.75, 3.05) is 4.90 Å². The highest BCUT2D eigenvalue weighted by atomic mass is 32.2. The number of anilines is 1. The van der Waals surface area contributed by atoms with Crippen LogP contribution in [0.2, 0.25) is 0 Å². The van der Waals surface area contributed by atoms with Crippen LogP contribution in [0, 0.1) is 5.82 Å². The van der Waals surface area contributed by atoms with Crippen LogP contribution in [0.25, 0.3) is 22.3 Å². The number of hydrogen-bond acceptors (Lipinski definition) is 5. The molecule has 0 saturated carbocycles. The SMILES string of the molecule is O=C1S[C@H](CC[C@H](O)c2ccc(F)cc2)[C@@H](c2ccc(-c3ccc(P(=O)(O)O)cc3)cc2O)N1c1ccc(-c2ccccc2)cc1. The summed E-state index contributed by atoms with van der Waals surface area (Å²) in [6.45, 7) is 0. The summed E-state index contributed by atoms with van der Waals surface area (Å²) in [4.78, 5) is 34.2. The van der Waals surface area contributed by atoms with Gasteiger partial charge in [0.15, 0.2) is 0 Å². The van der Waals surface area contributed by atoms with Crippen LogP contribution in [-0.2, 0) is 4.57 Å². The molecule has 10 heteroatoms. The molecule has 46 heavy (non-hydrogen) atoms. The molecule has 6 rings (SSSR count). The first-order valence-corrected chi connectivity index (χ1v) is 17.2. The monoisotopic (exact) mass is 655 g/mol. The molecule has 0 unspecified atom stereocenters. The average molecular weight is 656 g/mol. The summed E-state index contributed by atoms with van der Waals surface area (Å²) in [6.07, 6.45) is -0.106. The lowest BCUT2D eigenvalue weighted by Gasteiger charge is -2.29. The standard InChI is InChI=1S/C36H31FNO6PS/c37-28-13-6-26(7-14-28)32(39)20-21-34-35(31-19-12-27(22-33(31)40)25-10-17-30(18-11-25)45(42,43)44)38(36(41)46-34)29-15-8-24(9-16-29)23-4-2-1-3-5-23/h1-19,22,32,34-35,39-40H,20-21H2,(H2,42,43,44)/t32-,34+,35+/m0/s1. The Morgan fingerprint density at radius 2 is 1.37 bits per heavy atom. The number of thioether (sulfide) groups is 1. The number of rotatable bonds is 9. The molecular formula is C36H31FNO6PS. The highest BCUT2D eigenvalue weighted by molar-refractivity contribution is 8.14. The maximum Gasteiger partial charge on any atom is 0.356 e. The smallest absolute Gasteiger partial charge is 0.356 e. The van der Waals surface area contributed by atoms with Crippen molar-refractivity contribution in [1.82, 2.24) is 0 Å². The van der Waals surface area contributed by atoms with Crippen molar-refractivity contribution >= 4 is 35.6 Å². The number of aliphatic hydroxyl groups excluding tert-OH is 1. The normalized spacial score (nSPS) is 17.3. The molecule has 5 aromatic rings. The Bertz CT molecular complexity index is 1880. The second-order valence-corrected chi connectivity index (χ2v) is 14.0. The van der Waals surface area contributed by atoms with Crippen LogP contribution in [-0.4, -0.2) is 30.5 Å². The first-order chi connectivity index (χ1) is 22.1. The minimum Gasteiger partial charge on any atom is -0.508 e. The van der Waals surface area contributed by atoms with Crippen molar-refractivity contribution in [3.8, 4) is 28.0 Å². The van der Waals surface area contributed by atoms with E-state index in [2.05, 4.69) is 0 Å². The van der Waals surface area contributed by atoms with E-state index < -0.39 is 25.6 Å². The Kier molecular flexibility index (Phi) is 9.13. The molecule has 4 N–H and O–H groups in total. The molecule has 5 aromatic carbocycles. The molecule has 0 bridgehead atoms. The lowest BCUT2D eigenvalue weighted by molar-refractivity contribution is 0.163. The zero-order chi connectivity index (χ0) is 32.4. The number of benzene rings is 5. The summed E-state index contributed by atoms with van der Waals surface area (Å²) in [7, 11) is -4.39. The van der Waals surface area contributed by atoms with E-state index in [1.165, 1.54) is 24.3 Å². The van der Waals surface area contributed by atoms with Gasteiger partial charge in [-0.3, -0.25) is 14.3 Å². The van der Waals surface area contributed by atoms with Gasteiger partial charge in [0, 0.05) is 16.5 Å². The van der Waals surface area contributed by atoms with Gasteiger partial charge in [0.1, 0.15) is 11.6 Å². The van der Waals surface area contributed by atoms with Crippen LogP contribution in [0.3, 0.4) is 0 Å². The van der Waals surface area contributed by atoms with Gasteiger partial charge in [-0.05, 0) is 83.1 Å². The van der Waals surface area contributed by atoms with Gasteiger partial charge < -0.3 is 20.0 Å². The lowest BCUT2D eigenvalue weighted by atomic mass is 9.93. The number of aromatic hydroxyl groups is 1. The fourth-order valence-electron chi connectivity index (χ4n) is 5.79. The van der Waals surface area contributed by atoms with E-state index in [9.17, 15) is 33.7 Å². The van der Waals surface area contributed by atoms with E-state index >= 15 is 0 Å². The molecule has 7 nitrogen and oxygen atoms in total. The number of aliphatic hydroxyl groups is 1. The zero-order valence-corrected chi connectivity index (χ0v) is 26.2. The van der Waals surface area contributed by atoms with E-state index in [4.69, 9.17) is 0 Å². The number of amides is 1. The van der Waals surface area contributed by atoms with Gasteiger partial charge in [0.2, 0.25) is 0 Å². The fourth-order valence-corrected chi connectivity index (χ4v) is 7.57. The van der Waals surface area contributed by atoms with Crippen molar-refractivity contribution < 1.29 is 33.7 Å². The van der Waals surface area contributed by atoms with Gasteiger partial charge in [-0.25, -0.2) is 4.39 Å². The Morgan fingerprint density at radius 3 is 2.00 bits per heavy atom. The number of nitrogens with zero attached hydrogens (tertiary/aromatic N) is 1. The first-order valence-electron chi connectivity index (χ1n) is 14.7. The maximum absolute atomic E-state index is 13.6. The topological polar surface area (TPSA) is 118 Å². The van der Waals surface area contributed by atoms with Gasteiger partial charge in [0.25, 0.3) is 5.24 Å². The van der Waals surface area contributed by atoms with Crippen molar-refractivity contribution in [1.29, 1.82) is 0 Å². The highest BCUT2D eigenvalue weighted by Crippen LogP contribution is 2.49. The zero-order valence-electron chi connectivity index (χ0n) is 24.5. The van der Waals surface area contributed by atoms with E-state index in [0.717, 1.165) is 22.9 Å². The molecule has 0 radical (unpaired) electrons. The van der Waals surface area contributed by atoms with E-state index in [1.807, 2.05) is 54.6 Å². The lowest BCUT2D eigenvalue weighted by Crippen LogP contribution is -2.29. The summed E-state index contributed by atoms with van der Waals surface area (Å²) in [5, 5.41) is 21.7. The second-order valence-electron chi connectivity index (χ2n) is 11.2. The van der Waals surface area contributed by atoms with E-state index in [1.54, 1.807) is 47.4 Å². The van der Waals surface area contributed by atoms with Gasteiger partial charge in [-0.2, -0.15) is 0 Å². The van der Waals surface area contributed by atoms with Gasteiger partial charge >= 0.3 is 7.60 Å². The van der Waals surface area contributed by atoms with Crippen LogP contribution in [0.4, 0.5) is 14.9 Å². The maximum atomic E-state index is 13.6. The molecular weight excluding hydrogens is 624 g/mol. The highest BCUT2D eigenvalue weighted by Gasteiger charge is 2.43. The molecule has 3 atom stereocenters.